The van der Waals surface area contributed by atoms with Crippen LogP contribution in [0.5, 0.6) is 0 Å². The van der Waals surface area contributed by atoms with E-state index in [-0.39, 0.29) is 13.2 Å². The van der Waals surface area contributed by atoms with Crippen LogP contribution in [0.3, 0.4) is 0 Å². The maximum absolute atomic E-state index is 9.84. The fraction of sp³-hybridized carbons (Fsp3) is 0.920. The summed E-state index contributed by atoms with van der Waals surface area (Å²) in [5.74, 6) is 0. The Kier molecular flexibility index (Phi) is 17.7. The predicted molar refractivity (Wildman–Crippen MR) is 123 cm³/mol. The Hall–Kier alpha value is -0.460. The third-order valence-corrected chi connectivity index (χ3v) is 6.03. The average Bonchev–Trinajstić information content (AvgIpc) is 2.75. The molecule has 0 bridgehead atoms. The van der Waals surface area contributed by atoms with Crippen molar-refractivity contribution in [1.29, 1.82) is 0 Å². The van der Waals surface area contributed by atoms with Gasteiger partial charge in [0.05, 0.1) is 13.2 Å². The third kappa shape index (κ3) is 13.8. The number of ether oxygens (including phenoxy) is 2. The Morgan fingerprint density at radius 3 is 1.77 bits per heavy atom. The van der Waals surface area contributed by atoms with E-state index in [1.54, 1.807) is 0 Å². The maximum Gasteiger partial charge on any atom is 0.111 e. The van der Waals surface area contributed by atoms with Gasteiger partial charge in [-0.2, -0.15) is 0 Å². The molecule has 3 N–H and O–H groups in total. The summed E-state index contributed by atoms with van der Waals surface area (Å²) in [7, 11) is 0. The van der Waals surface area contributed by atoms with Crippen LogP contribution in [0.2, 0.25) is 0 Å². The lowest BCUT2D eigenvalue weighted by molar-refractivity contribution is -0.199. The van der Waals surface area contributed by atoms with Crippen molar-refractivity contribution < 1.29 is 24.8 Å². The molecule has 1 fully saturated rings. The minimum atomic E-state index is -1.15. The molecule has 5 nitrogen and oxygen atoms in total. The van der Waals surface area contributed by atoms with Crippen molar-refractivity contribution in [3.05, 3.63) is 12.2 Å². The van der Waals surface area contributed by atoms with E-state index in [1.807, 2.05) is 0 Å². The zero-order valence-electron chi connectivity index (χ0n) is 19.4. The molecule has 1 rings (SSSR count). The number of aliphatic hydroxyl groups excluding tert-OH is 3. The lowest BCUT2D eigenvalue weighted by Crippen LogP contribution is -2.54. The van der Waals surface area contributed by atoms with Crippen LogP contribution in [0.25, 0.3) is 0 Å². The normalized spacial score (nSPS) is 24.7. The average molecular weight is 429 g/mol. The van der Waals surface area contributed by atoms with Crippen LogP contribution in [-0.2, 0) is 9.47 Å². The first-order valence-electron chi connectivity index (χ1n) is 12.5. The summed E-state index contributed by atoms with van der Waals surface area (Å²) in [5.41, 5.74) is 0. The Morgan fingerprint density at radius 2 is 1.23 bits per heavy atom. The van der Waals surface area contributed by atoms with E-state index in [0.29, 0.717) is 6.61 Å². The lowest BCUT2D eigenvalue weighted by atomic mass is 10.0. The first-order chi connectivity index (χ1) is 14.7. The second-order valence-electron chi connectivity index (χ2n) is 8.80. The van der Waals surface area contributed by atoms with Gasteiger partial charge in [-0.15, -0.1) is 0 Å². The molecule has 1 aliphatic rings. The molecule has 178 valence electrons. The molecule has 1 aliphatic heterocycles. The molecule has 0 radical (unpaired) electrons. The van der Waals surface area contributed by atoms with Crippen LogP contribution in [-0.4, -0.2) is 59.6 Å². The van der Waals surface area contributed by atoms with E-state index in [9.17, 15) is 15.3 Å². The molecule has 4 atom stereocenters. The van der Waals surface area contributed by atoms with Gasteiger partial charge in [-0.1, -0.05) is 89.2 Å². The van der Waals surface area contributed by atoms with Crippen molar-refractivity contribution in [2.75, 3.05) is 19.8 Å². The first kappa shape index (κ1) is 27.6. The van der Waals surface area contributed by atoms with Gasteiger partial charge in [-0.3, -0.25) is 0 Å². The quantitative estimate of drug-likeness (QED) is 0.201. The smallest absolute Gasteiger partial charge is 0.111 e. The largest absolute Gasteiger partial charge is 0.388 e. The van der Waals surface area contributed by atoms with Crippen molar-refractivity contribution in [2.24, 2.45) is 0 Å². The van der Waals surface area contributed by atoms with Crippen molar-refractivity contribution >= 4 is 0 Å². The summed E-state index contributed by atoms with van der Waals surface area (Å²) >= 11 is 0. The van der Waals surface area contributed by atoms with E-state index in [0.717, 1.165) is 6.42 Å². The third-order valence-electron chi connectivity index (χ3n) is 6.03. The van der Waals surface area contributed by atoms with Crippen LogP contribution in [0.15, 0.2) is 12.2 Å². The van der Waals surface area contributed by atoms with E-state index >= 15 is 0 Å². The number of unbranched alkanes of at least 4 members (excludes halogenated alkanes) is 14. The van der Waals surface area contributed by atoms with Gasteiger partial charge in [-0.25, -0.2) is 0 Å². The van der Waals surface area contributed by atoms with Gasteiger partial charge in [0.1, 0.15) is 24.4 Å². The fourth-order valence-corrected chi connectivity index (χ4v) is 3.97. The Bertz CT molecular complexity index is 401. The zero-order chi connectivity index (χ0) is 21.9. The van der Waals surface area contributed by atoms with E-state index in [4.69, 9.17) is 9.47 Å². The second-order valence-corrected chi connectivity index (χ2v) is 8.80. The van der Waals surface area contributed by atoms with Crippen LogP contribution in [0.4, 0.5) is 0 Å². The minimum absolute atomic E-state index is 0.0450. The molecule has 0 aromatic heterocycles. The molecule has 30 heavy (non-hydrogen) atoms. The van der Waals surface area contributed by atoms with Crippen LogP contribution in [0.1, 0.15) is 103 Å². The maximum atomic E-state index is 9.84. The monoisotopic (exact) mass is 428 g/mol. The van der Waals surface area contributed by atoms with Crippen molar-refractivity contribution in [1.82, 2.24) is 0 Å². The predicted octanol–water partition coefficient (Wildman–Crippen LogP) is 4.91. The van der Waals surface area contributed by atoms with Gasteiger partial charge < -0.3 is 24.8 Å². The summed E-state index contributed by atoms with van der Waals surface area (Å²) in [5, 5.41) is 28.9. The molecule has 0 aromatic carbocycles. The van der Waals surface area contributed by atoms with Crippen LogP contribution >= 0.6 is 0 Å². The molecular weight excluding hydrogens is 380 g/mol. The lowest BCUT2D eigenvalue weighted by Gasteiger charge is -2.35. The molecule has 5 heteroatoms. The van der Waals surface area contributed by atoms with Crippen LogP contribution < -0.4 is 0 Å². The second kappa shape index (κ2) is 19.2. The standard InChI is InChI=1S/C25H48O5/c1-2-3-4-5-6-7-8-9-10-11-12-13-14-15-16-17-18-19-29-21-23-25(28)24(27)22(26)20-30-23/h2-3,22-28H,4-21H2,1H3/b3-2+/t22-,23+,24+,25+/m1/s1. The zero-order valence-corrected chi connectivity index (χ0v) is 19.4. The highest BCUT2D eigenvalue weighted by molar-refractivity contribution is 4.86. The molecule has 0 aliphatic carbocycles. The number of aliphatic hydroxyl groups is 3. The highest BCUT2D eigenvalue weighted by Gasteiger charge is 2.37. The van der Waals surface area contributed by atoms with E-state index < -0.39 is 24.4 Å². The number of hydrogen-bond donors (Lipinski definition) is 3. The van der Waals surface area contributed by atoms with Gasteiger partial charge in [0.15, 0.2) is 0 Å². The summed E-state index contributed by atoms with van der Waals surface area (Å²) in [6, 6.07) is 0. The van der Waals surface area contributed by atoms with Crippen molar-refractivity contribution in [3.63, 3.8) is 0 Å². The summed E-state index contributed by atoms with van der Waals surface area (Å²) in [6.07, 6.45) is 20.5. The molecule has 0 aromatic rings. The summed E-state index contributed by atoms with van der Waals surface area (Å²) < 4.78 is 10.9. The van der Waals surface area contributed by atoms with Gasteiger partial charge >= 0.3 is 0 Å². The molecule has 1 heterocycles. The molecule has 1 saturated heterocycles. The van der Waals surface area contributed by atoms with Crippen LogP contribution in [0, 0.1) is 0 Å². The number of allylic oxidation sites excluding steroid dienone is 2. The highest BCUT2D eigenvalue weighted by atomic mass is 16.6. The Balaban J connectivity index is 1.75. The summed E-state index contributed by atoms with van der Waals surface area (Å²) in [4.78, 5) is 0. The minimum Gasteiger partial charge on any atom is -0.388 e. The molecule has 0 spiro atoms. The van der Waals surface area contributed by atoms with Gasteiger partial charge in [-0.05, 0) is 26.2 Å². The molecule has 0 amide bonds. The SMILES string of the molecule is C/C=C/CCCCCCCCCCCCCCCCOC[C@@H]1OC[C@@H](O)[C@H](O)[C@H]1O. The van der Waals surface area contributed by atoms with Gasteiger partial charge in [0.25, 0.3) is 0 Å². The Labute approximate surface area is 184 Å². The van der Waals surface area contributed by atoms with Gasteiger partial charge in [0, 0.05) is 6.61 Å². The highest BCUT2D eigenvalue weighted by Crippen LogP contribution is 2.16. The first-order valence-corrected chi connectivity index (χ1v) is 12.5. The van der Waals surface area contributed by atoms with Gasteiger partial charge in [0.2, 0.25) is 0 Å². The summed E-state index contributed by atoms with van der Waals surface area (Å²) in [6.45, 7) is 3.06. The van der Waals surface area contributed by atoms with Crippen molar-refractivity contribution in [3.8, 4) is 0 Å². The molecule has 0 unspecified atom stereocenters. The molecule has 0 saturated carbocycles. The number of hydrogen-bond acceptors (Lipinski definition) is 5. The van der Waals surface area contributed by atoms with Crippen molar-refractivity contribution in [2.45, 2.75) is 128 Å². The Morgan fingerprint density at radius 1 is 0.733 bits per heavy atom. The topological polar surface area (TPSA) is 79.2 Å². The van der Waals surface area contributed by atoms with E-state index in [2.05, 4.69) is 19.1 Å². The fourth-order valence-electron chi connectivity index (χ4n) is 3.97. The van der Waals surface area contributed by atoms with E-state index in [1.165, 1.54) is 89.9 Å². The molecular formula is C25H48O5. The number of rotatable bonds is 19.